The second-order valence-corrected chi connectivity index (χ2v) is 6.99. The molecule has 0 amide bonds. The highest BCUT2D eigenvalue weighted by atomic mass is 16.6. The van der Waals surface area contributed by atoms with Crippen LogP contribution in [0.3, 0.4) is 0 Å². The predicted octanol–water partition coefficient (Wildman–Crippen LogP) is 4.38. The smallest absolute Gasteiger partial charge is 0.309 e. The van der Waals surface area contributed by atoms with Crippen molar-refractivity contribution in [3.8, 4) is 11.5 Å². The van der Waals surface area contributed by atoms with E-state index >= 15 is 0 Å². The van der Waals surface area contributed by atoms with Gasteiger partial charge in [0.1, 0.15) is 24.7 Å². The van der Waals surface area contributed by atoms with Gasteiger partial charge in [-0.3, -0.25) is 25.0 Å². The van der Waals surface area contributed by atoms with E-state index in [9.17, 15) is 25.0 Å². The van der Waals surface area contributed by atoms with Crippen LogP contribution in [0.5, 0.6) is 11.5 Å². The molecule has 0 aliphatic heterocycles. The standard InChI is InChI=1S/C23H20N2O8/c1-31-23(26)12-18-10-21(32-14-16-2-6-19(7-3-16)24(27)28)13-22(11-18)33-15-17-4-8-20(9-5-17)25(29)30/h2-11,13H,12,14-15H2,1H3. The first kappa shape index (κ1) is 23.2. The van der Waals surface area contributed by atoms with Crippen molar-refractivity contribution in [2.24, 2.45) is 0 Å². The fourth-order valence-corrected chi connectivity index (χ4v) is 2.90. The van der Waals surface area contributed by atoms with Gasteiger partial charge < -0.3 is 14.2 Å². The topological polar surface area (TPSA) is 131 Å². The maximum Gasteiger partial charge on any atom is 0.309 e. The number of rotatable bonds is 10. The number of carbonyl (C=O) groups is 1. The van der Waals surface area contributed by atoms with Gasteiger partial charge in [-0.25, -0.2) is 0 Å². The third kappa shape index (κ3) is 6.76. The summed E-state index contributed by atoms with van der Waals surface area (Å²) < 4.78 is 16.3. The van der Waals surface area contributed by atoms with E-state index < -0.39 is 15.8 Å². The number of hydrogen-bond acceptors (Lipinski definition) is 8. The van der Waals surface area contributed by atoms with Crippen molar-refractivity contribution < 1.29 is 28.9 Å². The maximum absolute atomic E-state index is 11.7. The van der Waals surface area contributed by atoms with E-state index in [-0.39, 0.29) is 31.0 Å². The Balaban J connectivity index is 1.72. The van der Waals surface area contributed by atoms with Gasteiger partial charge >= 0.3 is 5.97 Å². The van der Waals surface area contributed by atoms with E-state index in [2.05, 4.69) is 0 Å². The van der Waals surface area contributed by atoms with Crippen LogP contribution in [0.2, 0.25) is 0 Å². The molecule has 10 nitrogen and oxygen atoms in total. The minimum absolute atomic E-state index is 0.0130. The Labute approximate surface area is 188 Å². The lowest BCUT2D eigenvalue weighted by Crippen LogP contribution is -2.06. The molecule has 0 spiro atoms. The normalized spacial score (nSPS) is 10.3. The van der Waals surface area contributed by atoms with E-state index in [1.165, 1.54) is 31.4 Å². The zero-order valence-electron chi connectivity index (χ0n) is 17.6. The molecule has 0 bridgehead atoms. The molecular formula is C23H20N2O8. The summed E-state index contributed by atoms with van der Waals surface area (Å²) in [7, 11) is 1.29. The molecule has 0 heterocycles. The summed E-state index contributed by atoms with van der Waals surface area (Å²) in [6, 6.07) is 17.0. The number of methoxy groups -OCH3 is 1. The summed E-state index contributed by atoms with van der Waals surface area (Å²) in [4.78, 5) is 32.3. The van der Waals surface area contributed by atoms with Crippen LogP contribution >= 0.6 is 0 Å². The predicted molar refractivity (Wildman–Crippen MR) is 117 cm³/mol. The zero-order valence-corrected chi connectivity index (χ0v) is 17.6. The van der Waals surface area contributed by atoms with Gasteiger partial charge in [-0.15, -0.1) is 0 Å². The number of nitro groups is 2. The minimum atomic E-state index is -0.477. The first-order valence-electron chi connectivity index (χ1n) is 9.77. The molecule has 3 aromatic rings. The van der Waals surface area contributed by atoms with Crippen LogP contribution in [0.25, 0.3) is 0 Å². The minimum Gasteiger partial charge on any atom is -0.489 e. The average molecular weight is 452 g/mol. The molecule has 0 aliphatic rings. The van der Waals surface area contributed by atoms with Crippen LogP contribution in [0.1, 0.15) is 16.7 Å². The van der Waals surface area contributed by atoms with Crippen molar-refractivity contribution in [1.82, 2.24) is 0 Å². The third-order valence-corrected chi connectivity index (χ3v) is 4.62. The summed E-state index contributed by atoms with van der Waals surface area (Å²) >= 11 is 0. The second kappa shape index (κ2) is 10.7. The van der Waals surface area contributed by atoms with Crippen LogP contribution < -0.4 is 9.47 Å². The van der Waals surface area contributed by atoms with Gasteiger partial charge in [-0.2, -0.15) is 0 Å². The van der Waals surface area contributed by atoms with Crippen molar-refractivity contribution in [1.29, 1.82) is 0 Å². The molecule has 170 valence electrons. The SMILES string of the molecule is COC(=O)Cc1cc(OCc2ccc([N+](=O)[O-])cc2)cc(OCc2ccc([N+](=O)[O-])cc2)c1. The first-order chi connectivity index (χ1) is 15.8. The molecule has 3 aromatic carbocycles. The van der Waals surface area contributed by atoms with Crippen LogP contribution in [0, 0.1) is 20.2 Å². The van der Waals surface area contributed by atoms with Gasteiger partial charge in [-0.05, 0) is 53.1 Å². The van der Waals surface area contributed by atoms with Gasteiger partial charge in [-0.1, -0.05) is 0 Å². The molecule has 0 atom stereocenters. The summed E-state index contributed by atoms with van der Waals surface area (Å²) in [6.07, 6.45) is 0.0130. The molecule has 0 N–H and O–H groups in total. The van der Waals surface area contributed by atoms with Crippen molar-refractivity contribution in [2.45, 2.75) is 19.6 Å². The van der Waals surface area contributed by atoms with Gasteiger partial charge in [0, 0.05) is 30.3 Å². The molecule has 0 unspecified atom stereocenters. The monoisotopic (exact) mass is 452 g/mol. The van der Waals surface area contributed by atoms with Crippen molar-refractivity contribution in [3.63, 3.8) is 0 Å². The van der Waals surface area contributed by atoms with Gasteiger partial charge in [0.15, 0.2) is 0 Å². The average Bonchev–Trinajstić information content (AvgIpc) is 2.81. The number of ether oxygens (including phenoxy) is 3. The Morgan fingerprint density at radius 3 is 1.52 bits per heavy atom. The lowest BCUT2D eigenvalue weighted by molar-refractivity contribution is -0.385. The molecule has 3 rings (SSSR count). The van der Waals surface area contributed by atoms with E-state index in [1.54, 1.807) is 42.5 Å². The summed E-state index contributed by atoms with van der Waals surface area (Å²) in [6.45, 7) is 0.308. The van der Waals surface area contributed by atoms with E-state index in [0.717, 1.165) is 11.1 Å². The van der Waals surface area contributed by atoms with E-state index in [1.807, 2.05) is 0 Å². The highest BCUT2D eigenvalue weighted by Gasteiger charge is 2.10. The van der Waals surface area contributed by atoms with Crippen LogP contribution in [-0.2, 0) is 29.2 Å². The second-order valence-electron chi connectivity index (χ2n) is 6.99. The summed E-state index contributed by atoms with van der Waals surface area (Å²) in [5.41, 5.74) is 2.04. The van der Waals surface area contributed by atoms with Crippen LogP contribution in [0.4, 0.5) is 11.4 Å². The Bertz CT molecular complexity index is 1060. The number of benzene rings is 3. The van der Waals surface area contributed by atoms with Gasteiger partial charge in [0.25, 0.3) is 11.4 Å². The van der Waals surface area contributed by atoms with Crippen LogP contribution in [0.15, 0.2) is 66.7 Å². The molecule has 0 aromatic heterocycles. The van der Waals surface area contributed by atoms with Crippen molar-refractivity contribution in [3.05, 3.63) is 104 Å². The molecular weight excluding hydrogens is 432 g/mol. The molecule has 33 heavy (non-hydrogen) atoms. The maximum atomic E-state index is 11.7. The number of nitrogens with zero attached hydrogens (tertiary/aromatic N) is 2. The summed E-state index contributed by atoms with van der Waals surface area (Å²) in [5, 5.41) is 21.6. The molecule has 0 fully saturated rings. The highest BCUT2D eigenvalue weighted by molar-refractivity contribution is 5.72. The lowest BCUT2D eigenvalue weighted by atomic mass is 10.1. The third-order valence-electron chi connectivity index (χ3n) is 4.62. The fraction of sp³-hybridized carbons (Fsp3) is 0.174. The van der Waals surface area contributed by atoms with Gasteiger partial charge in [0.2, 0.25) is 0 Å². The van der Waals surface area contributed by atoms with Crippen LogP contribution in [-0.4, -0.2) is 22.9 Å². The molecule has 0 aliphatic carbocycles. The Hall–Kier alpha value is -4.47. The molecule has 0 radical (unpaired) electrons. The van der Waals surface area contributed by atoms with Crippen molar-refractivity contribution >= 4 is 17.3 Å². The largest absolute Gasteiger partial charge is 0.489 e. The number of hydrogen-bond donors (Lipinski definition) is 0. The number of nitro benzene ring substituents is 2. The number of esters is 1. The quantitative estimate of drug-likeness (QED) is 0.252. The van der Waals surface area contributed by atoms with E-state index in [4.69, 9.17) is 14.2 Å². The molecule has 0 saturated carbocycles. The Morgan fingerprint density at radius 2 is 1.15 bits per heavy atom. The lowest BCUT2D eigenvalue weighted by Gasteiger charge is -2.12. The molecule has 10 heteroatoms. The number of non-ortho nitro benzene ring substituents is 2. The Morgan fingerprint density at radius 1 is 0.727 bits per heavy atom. The zero-order chi connectivity index (χ0) is 23.8. The fourth-order valence-electron chi connectivity index (χ4n) is 2.90. The van der Waals surface area contributed by atoms with Gasteiger partial charge in [0.05, 0.1) is 23.4 Å². The molecule has 0 saturated heterocycles. The Kier molecular flexibility index (Phi) is 7.53. The van der Waals surface area contributed by atoms with E-state index in [0.29, 0.717) is 17.1 Å². The number of carbonyl (C=O) groups excluding carboxylic acids is 1. The summed E-state index contributed by atoms with van der Waals surface area (Å²) in [5.74, 6) is 0.450. The van der Waals surface area contributed by atoms with Crippen molar-refractivity contribution in [2.75, 3.05) is 7.11 Å². The first-order valence-corrected chi connectivity index (χ1v) is 9.77. The highest BCUT2D eigenvalue weighted by Crippen LogP contribution is 2.26.